The molecule has 0 aromatic heterocycles. The molecule has 0 saturated carbocycles. The summed E-state index contributed by atoms with van der Waals surface area (Å²) < 4.78 is 4.82. The van der Waals surface area contributed by atoms with Crippen LogP contribution in [-0.2, 0) is 9.53 Å². The summed E-state index contributed by atoms with van der Waals surface area (Å²) in [6.07, 6.45) is 6.61. The van der Waals surface area contributed by atoms with E-state index in [0.29, 0.717) is 32.7 Å². The van der Waals surface area contributed by atoms with Gasteiger partial charge in [0.15, 0.2) is 0 Å². The summed E-state index contributed by atoms with van der Waals surface area (Å²) in [5.74, 6) is 2.52. The first-order valence-electron chi connectivity index (χ1n) is 4.71. The largest absolute Gasteiger partial charge is 0.383 e. The number of hydrogen-bond donors (Lipinski definition) is 2. The summed E-state index contributed by atoms with van der Waals surface area (Å²) in [7, 11) is 1.63. The van der Waals surface area contributed by atoms with Gasteiger partial charge in [-0.25, -0.2) is 0 Å². The van der Waals surface area contributed by atoms with E-state index in [2.05, 4.69) is 16.6 Å². The van der Waals surface area contributed by atoms with Crippen molar-refractivity contribution in [1.82, 2.24) is 10.6 Å². The third-order valence-corrected chi connectivity index (χ3v) is 1.59. The zero-order valence-electron chi connectivity index (χ0n) is 8.64. The fraction of sp³-hybridized carbons (Fsp3) is 0.700. The monoisotopic (exact) mass is 198 g/mol. The molecule has 14 heavy (non-hydrogen) atoms. The predicted octanol–water partition coefficient (Wildman–Crippen LogP) is -0.248. The van der Waals surface area contributed by atoms with E-state index in [0.717, 1.165) is 6.42 Å². The van der Waals surface area contributed by atoms with Crippen molar-refractivity contribution < 1.29 is 9.53 Å². The highest BCUT2D eigenvalue weighted by molar-refractivity contribution is 5.77. The van der Waals surface area contributed by atoms with E-state index in [1.165, 1.54) is 0 Å². The number of carbonyl (C=O) groups excluding carboxylic acids is 1. The second kappa shape index (κ2) is 10.0. The maximum absolute atomic E-state index is 11.1. The summed E-state index contributed by atoms with van der Waals surface area (Å²) in [5.41, 5.74) is 0. The number of unbranched alkanes of at least 4 members (excludes halogenated alkanes) is 1. The molecule has 0 heterocycles. The van der Waals surface area contributed by atoms with Crippen LogP contribution in [0.3, 0.4) is 0 Å². The van der Waals surface area contributed by atoms with Gasteiger partial charge in [-0.15, -0.1) is 12.3 Å². The Kier molecular flexibility index (Phi) is 9.28. The molecule has 0 saturated heterocycles. The second-order valence-electron chi connectivity index (χ2n) is 2.83. The van der Waals surface area contributed by atoms with E-state index in [9.17, 15) is 4.79 Å². The van der Waals surface area contributed by atoms with E-state index in [1.807, 2.05) is 0 Å². The average Bonchev–Trinajstić information content (AvgIpc) is 2.19. The van der Waals surface area contributed by atoms with Gasteiger partial charge >= 0.3 is 0 Å². The highest BCUT2D eigenvalue weighted by Crippen LogP contribution is 1.82. The summed E-state index contributed by atoms with van der Waals surface area (Å²) in [6, 6.07) is 0. The van der Waals surface area contributed by atoms with Gasteiger partial charge in [0.25, 0.3) is 0 Å². The first-order valence-corrected chi connectivity index (χ1v) is 4.71. The number of methoxy groups -OCH3 is 1. The van der Waals surface area contributed by atoms with Crippen LogP contribution in [0.1, 0.15) is 12.8 Å². The number of nitrogens with one attached hydrogen (secondary N) is 2. The fourth-order valence-electron chi connectivity index (χ4n) is 0.857. The molecule has 0 unspecified atom stereocenters. The van der Waals surface area contributed by atoms with Gasteiger partial charge in [0.1, 0.15) is 0 Å². The molecular weight excluding hydrogens is 180 g/mol. The van der Waals surface area contributed by atoms with Crippen molar-refractivity contribution in [2.75, 3.05) is 33.4 Å². The zero-order chi connectivity index (χ0) is 10.6. The summed E-state index contributed by atoms with van der Waals surface area (Å²) in [6.45, 7) is 2.28. The lowest BCUT2D eigenvalue weighted by Crippen LogP contribution is -2.35. The Labute approximate surface area is 85.4 Å². The van der Waals surface area contributed by atoms with Crippen LogP contribution in [0.5, 0.6) is 0 Å². The minimum atomic E-state index is -0.00174. The van der Waals surface area contributed by atoms with Crippen molar-refractivity contribution in [3.8, 4) is 12.3 Å². The summed E-state index contributed by atoms with van der Waals surface area (Å²) in [5, 5.41) is 5.71. The standard InChI is InChI=1S/C10H18N2O2/c1-3-4-5-6-12-10(13)9-11-7-8-14-2/h1,11H,4-9H2,2H3,(H,12,13). The van der Waals surface area contributed by atoms with Gasteiger partial charge in [-0.1, -0.05) is 0 Å². The van der Waals surface area contributed by atoms with E-state index in [4.69, 9.17) is 11.2 Å². The minimum absolute atomic E-state index is 0.00174. The van der Waals surface area contributed by atoms with Gasteiger partial charge in [-0.05, 0) is 6.42 Å². The van der Waals surface area contributed by atoms with Gasteiger partial charge in [0.05, 0.1) is 13.2 Å². The van der Waals surface area contributed by atoms with Crippen LogP contribution in [-0.4, -0.2) is 39.3 Å². The number of ether oxygens (including phenoxy) is 1. The molecule has 1 amide bonds. The van der Waals surface area contributed by atoms with Gasteiger partial charge in [0.2, 0.25) is 5.91 Å². The molecule has 0 aromatic rings. The van der Waals surface area contributed by atoms with Crippen molar-refractivity contribution in [1.29, 1.82) is 0 Å². The van der Waals surface area contributed by atoms with Crippen LogP contribution in [0.2, 0.25) is 0 Å². The van der Waals surface area contributed by atoms with Crippen LogP contribution in [0.25, 0.3) is 0 Å². The molecule has 4 nitrogen and oxygen atoms in total. The van der Waals surface area contributed by atoms with Gasteiger partial charge in [-0.2, -0.15) is 0 Å². The minimum Gasteiger partial charge on any atom is -0.383 e. The van der Waals surface area contributed by atoms with E-state index in [-0.39, 0.29) is 5.91 Å². The van der Waals surface area contributed by atoms with Crippen molar-refractivity contribution in [3.05, 3.63) is 0 Å². The summed E-state index contributed by atoms with van der Waals surface area (Å²) in [4.78, 5) is 11.1. The third kappa shape index (κ3) is 9.04. The third-order valence-electron chi connectivity index (χ3n) is 1.59. The number of rotatable bonds is 8. The van der Waals surface area contributed by atoms with Crippen LogP contribution >= 0.6 is 0 Å². The van der Waals surface area contributed by atoms with Gasteiger partial charge in [-0.3, -0.25) is 4.79 Å². The Morgan fingerprint density at radius 3 is 2.93 bits per heavy atom. The van der Waals surface area contributed by atoms with Crippen LogP contribution < -0.4 is 10.6 Å². The Bertz CT molecular complexity index is 187. The lowest BCUT2D eigenvalue weighted by molar-refractivity contribution is -0.120. The molecule has 0 aliphatic heterocycles. The number of terminal acetylenes is 1. The number of hydrogen-bond acceptors (Lipinski definition) is 3. The Morgan fingerprint density at radius 1 is 1.50 bits per heavy atom. The van der Waals surface area contributed by atoms with Crippen molar-refractivity contribution in [2.45, 2.75) is 12.8 Å². The first-order chi connectivity index (χ1) is 6.81. The van der Waals surface area contributed by atoms with Crippen LogP contribution in [0, 0.1) is 12.3 Å². The first kappa shape index (κ1) is 12.9. The topological polar surface area (TPSA) is 50.4 Å². The molecule has 0 aliphatic carbocycles. The van der Waals surface area contributed by atoms with E-state index < -0.39 is 0 Å². The molecule has 0 aromatic carbocycles. The maximum atomic E-state index is 11.1. The molecule has 80 valence electrons. The molecule has 2 N–H and O–H groups in total. The molecule has 0 atom stereocenters. The molecule has 0 spiro atoms. The molecular formula is C10H18N2O2. The molecule has 0 fully saturated rings. The highest BCUT2D eigenvalue weighted by Gasteiger charge is 1.97. The fourth-order valence-corrected chi connectivity index (χ4v) is 0.857. The summed E-state index contributed by atoms with van der Waals surface area (Å²) >= 11 is 0. The average molecular weight is 198 g/mol. The number of amides is 1. The normalized spacial score (nSPS) is 9.43. The molecule has 4 heteroatoms. The quantitative estimate of drug-likeness (QED) is 0.418. The van der Waals surface area contributed by atoms with Crippen molar-refractivity contribution >= 4 is 5.91 Å². The Hall–Kier alpha value is -1.05. The number of carbonyl (C=O) groups is 1. The maximum Gasteiger partial charge on any atom is 0.233 e. The smallest absolute Gasteiger partial charge is 0.233 e. The van der Waals surface area contributed by atoms with Gasteiger partial charge < -0.3 is 15.4 Å². The zero-order valence-corrected chi connectivity index (χ0v) is 8.64. The lowest BCUT2D eigenvalue weighted by atomic mass is 10.3. The lowest BCUT2D eigenvalue weighted by Gasteiger charge is -2.05. The van der Waals surface area contributed by atoms with Crippen molar-refractivity contribution in [2.24, 2.45) is 0 Å². The van der Waals surface area contributed by atoms with Gasteiger partial charge in [0, 0.05) is 26.6 Å². The van der Waals surface area contributed by atoms with E-state index in [1.54, 1.807) is 7.11 Å². The molecule has 0 radical (unpaired) electrons. The SMILES string of the molecule is C#CCCCNC(=O)CNCCOC. The molecule has 0 bridgehead atoms. The Balaban J connectivity index is 3.16. The second-order valence-corrected chi connectivity index (χ2v) is 2.83. The molecule has 0 aliphatic rings. The Morgan fingerprint density at radius 2 is 2.29 bits per heavy atom. The van der Waals surface area contributed by atoms with E-state index >= 15 is 0 Å². The predicted molar refractivity (Wildman–Crippen MR) is 55.8 cm³/mol. The van der Waals surface area contributed by atoms with Crippen LogP contribution in [0.15, 0.2) is 0 Å². The van der Waals surface area contributed by atoms with Crippen LogP contribution in [0.4, 0.5) is 0 Å². The van der Waals surface area contributed by atoms with Crippen molar-refractivity contribution in [3.63, 3.8) is 0 Å². The molecule has 0 rings (SSSR count). The highest BCUT2D eigenvalue weighted by atomic mass is 16.5.